The van der Waals surface area contributed by atoms with Gasteiger partial charge in [-0.25, -0.2) is 0 Å². The van der Waals surface area contributed by atoms with Crippen molar-refractivity contribution in [1.29, 1.82) is 0 Å². The zero-order chi connectivity index (χ0) is 23.1. The third-order valence-electron chi connectivity index (χ3n) is 3.74. The van der Waals surface area contributed by atoms with Crippen LogP contribution in [0.25, 0.3) is 0 Å². The molecule has 4 bridgehead atoms. The highest BCUT2D eigenvalue weighted by molar-refractivity contribution is 6.95. The van der Waals surface area contributed by atoms with Gasteiger partial charge in [-0.1, -0.05) is 0 Å². The monoisotopic (exact) mass is 572 g/mol. The van der Waals surface area contributed by atoms with Gasteiger partial charge in [-0.15, -0.1) is 0 Å². The first kappa shape index (κ1) is 25.8. The molecule has 6 fully saturated rings. The molecule has 14 nitrogen and oxygen atoms in total. The molecule has 6 aliphatic heterocycles. The topological polar surface area (TPSA) is 173 Å². The van der Waals surface area contributed by atoms with Gasteiger partial charge in [-0.05, 0) is 0 Å². The molecular formula is C8H28O14Si8. The summed E-state index contributed by atoms with van der Waals surface area (Å²) in [7, 11) is -32.0. The molecule has 6 rings (SSSR count). The highest BCUT2D eigenvalue weighted by atomic mass is 28.6. The summed E-state index contributed by atoms with van der Waals surface area (Å²) in [5.41, 5.74) is 0. The summed E-state index contributed by atoms with van der Waals surface area (Å²) in [6, 6.07) is 0. The van der Waals surface area contributed by atoms with Crippen LogP contribution in [0, 0.1) is 0 Å². The molecule has 6 aliphatic rings. The highest BCUT2D eigenvalue weighted by Gasteiger charge is 2.70. The fraction of sp³-hybridized carbons (Fsp3) is 1.00. The Morgan fingerprint density at radius 2 is 0.433 bits per heavy atom. The van der Waals surface area contributed by atoms with Crippen LogP contribution in [0.4, 0.5) is 0 Å². The van der Waals surface area contributed by atoms with E-state index in [0.717, 1.165) is 0 Å². The molecule has 30 heavy (non-hydrogen) atoms. The zero-order valence-electron chi connectivity index (χ0n) is 17.9. The Bertz CT molecular complexity index is 555. The average molecular weight is 573 g/mol. The fourth-order valence-corrected chi connectivity index (χ4v) is 39.8. The van der Waals surface area contributed by atoms with Crippen LogP contribution in [0.15, 0.2) is 0 Å². The molecule has 0 radical (unpaired) electrons. The Balaban J connectivity index is 2.23. The van der Waals surface area contributed by atoms with Crippen molar-refractivity contribution in [2.75, 3.05) is 0 Å². The Morgan fingerprint density at radius 1 is 0.300 bits per heavy atom. The minimum atomic E-state index is -4.00. The van der Waals surface area contributed by atoms with E-state index in [1.165, 1.54) is 52.4 Å². The quantitative estimate of drug-likeness (QED) is 0.252. The van der Waals surface area contributed by atoms with E-state index in [9.17, 15) is 19.2 Å². The van der Waals surface area contributed by atoms with Crippen LogP contribution in [-0.2, 0) is 41.2 Å². The minimum absolute atomic E-state index is 1.32. The lowest BCUT2D eigenvalue weighted by atomic mass is 11.9. The molecule has 0 amide bonds. The first-order valence-electron chi connectivity index (χ1n) is 8.98. The Labute approximate surface area is 183 Å². The largest absolute Gasteiger partial charge is 0.480 e. The van der Waals surface area contributed by atoms with Crippen LogP contribution < -0.4 is 0 Å². The van der Waals surface area contributed by atoms with E-state index < -0.39 is 70.4 Å². The van der Waals surface area contributed by atoms with E-state index >= 15 is 0 Å². The van der Waals surface area contributed by atoms with Gasteiger partial charge in [0, 0.05) is 52.4 Å². The second-order valence-corrected chi connectivity index (χ2v) is 30.3. The van der Waals surface area contributed by atoms with Crippen molar-refractivity contribution in [3.63, 3.8) is 0 Å². The van der Waals surface area contributed by atoms with Gasteiger partial charge < -0.3 is 60.3 Å². The fourth-order valence-electron chi connectivity index (χ4n) is 3.76. The molecule has 0 aromatic carbocycles. The predicted octanol–water partition coefficient (Wildman–Crippen LogP) is -1.29. The van der Waals surface area contributed by atoms with Gasteiger partial charge in [-0.3, -0.25) is 0 Å². The minimum Gasteiger partial charge on any atom is -0.391 e. The lowest BCUT2D eigenvalue weighted by molar-refractivity contribution is 0.0302. The Kier molecular flexibility index (Phi) is 6.31. The van der Waals surface area contributed by atoms with Gasteiger partial charge in [0.15, 0.2) is 0 Å². The molecule has 0 unspecified atom stereocenters. The van der Waals surface area contributed by atoms with Crippen LogP contribution in [0.2, 0.25) is 52.4 Å². The second-order valence-electron chi connectivity index (χ2n) is 8.06. The standard InChI is InChI=1S/C8H28O14Si8/c1-23(9)13-27(5)15-24(2,10)16-28(6,14-23)22-30(8)18-25(3,11)17-29(7,21-27)19-26(4,12)20-30/h9-12H,1-8H3. The van der Waals surface area contributed by atoms with E-state index in [0.29, 0.717) is 0 Å². The lowest BCUT2D eigenvalue weighted by Gasteiger charge is -2.51. The van der Waals surface area contributed by atoms with Crippen molar-refractivity contribution >= 4 is 70.4 Å². The van der Waals surface area contributed by atoms with Gasteiger partial charge in [0.1, 0.15) is 0 Å². The van der Waals surface area contributed by atoms with Crippen LogP contribution in [0.1, 0.15) is 0 Å². The summed E-state index contributed by atoms with van der Waals surface area (Å²) in [4.78, 5) is 43.5. The van der Waals surface area contributed by atoms with Gasteiger partial charge in [-0.2, -0.15) is 0 Å². The SMILES string of the molecule is C[Si]1(O)O[Si]2(C)O[Si](C)(O)O[Si](C)(O1)O[Si]1(C)O[Si](C)(O)O[Si](C)(O[Si](C)(O)O1)O2. The average Bonchev–Trinajstić information content (AvgIpc) is 2.22. The van der Waals surface area contributed by atoms with Crippen LogP contribution in [0.5, 0.6) is 0 Å². The number of hydrogen-bond donors (Lipinski definition) is 4. The number of rotatable bonds is 0. The Morgan fingerprint density at radius 3 is 0.567 bits per heavy atom. The molecule has 0 aliphatic carbocycles. The van der Waals surface area contributed by atoms with Gasteiger partial charge in [0.05, 0.1) is 0 Å². The molecule has 0 atom stereocenters. The molecule has 22 heteroatoms. The molecule has 0 saturated carbocycles. The van der Waals surface area contributed by atoms with E-state index in [-0.39, 0.29) is 0 Å². The van der Waals surface area contributed by atoms with Gasteiger partial charge >= 0.3 is 70.4 Å². The molecule has 176 valence electrons. The lowest BCUT2D eigenvalue weighted by Crippen LogP contribution is -2.78. The molecule has 0 aromatic heterocycles. The van der Waals surface area contributed by atoms with Gasteiger partial charge in [0.2, 0.25) is 0 Å². The van der Waals surface area contributed by atoms with Crippen LogP contribution >= 0.6 is 0 Å². The summed E-state index contributed by atoms with van der Waals surface area (Å²) in [5.74, 6) is 0. The normalized spacial score (nSPS) is 60.4. The van der Waals surface area contributed by atoms with E-state index in [1.54, 1.807) is 0 Å². The van der Waals surface area contributed by atoms with Crippen molar-refractivity contribution in [2.45, 2.75) is 52.4 Å². The first-order chi connectivity index (χ1) is 13.1. The predicted molar refractivity (Wildman–Crippen MR) is 113 cm³/mol. The maximum absolute atomic E-state index is 10.9. The number of hydrogen-bond acceptors (Lipinski definition) is 14. The van der Waals surface area contributed by atoms with Crippen LogP contribution in [0.3, 0.4) is 0 Å². The van der Waals surface area contributed by atoms with Crippen molar-refractivity contribution in [2.24, 2.45) is 0 Å². The van der Waals surface area contributed by atoms with Crippen molar-refractivity contribution in [3.05, 3.63) is 0 Å². The van der Waals surface area contributed by atoms with Crippen molar-refractivity contribution in [1.82, 2.24) is 0 Å². The van der Waals surface area contributed by atoms with E-state index in [1.807, 2.05) is 0 Å². The van der Waals surface area contributed by atoms with Crippen LogP contribution in [-0.4, -0.2) is 89.6 Å². The maximum atomic E-state index is 10.9. The molecule has 4 N–H and O–H groups in total. The smallest absolute Gasteiger partial charge is 0.391 e. The second kappa shape index (κ2) is 7.33. The summed E-state index contributed by atoms with van der Waals surface area (Å²) in [5, 5.41) is 0. The maximum Gasteiger partial charge on any atom is 0.480 e. The van der Waals surface area contributed by atoms with Gasteiger partial charge in [0.25, 0.3) is 0 Å². The Hall–Kier alpha value is 1.18. The van der Waals surface area contributed by atoms with Crippen molar-refractivity contribution < 1.29 is 60.3 Å². The van der Waals surface area contributed by atoms with E-state index in [2.05, 4.69) is 0 Å². The van der Waals surface area contributed by atoms with Crippen molar-refractivity contribution in [3.8, 4) is 0 Å². The third-order valence-corrected chi connectivity index (χ3v) is 33.7. The molecule has 6 saturated heterocycles. The molecule has 0 aromatic rings. The third kappa shape index (κ3) is 6.19. The molecule has 0 spiro atoms. The van der Waals surface area contributed by atoms with E-state index in [4.69, 9.17) is 41.2 Å². The summed E-state index contributed by atoms with van der Waals surface area (Å²) < 4.78 is 58.3. The summed E-state index contributed by atoms with van der Waals surface area (Å²) in [6.45, 7) is 10.8. The first-order valence-corrected chi connectivity index (χ1v) is 26.9. The molecular weight excluding hydrogens is 545 g/mol. The highest BCUT2D eigenvalue weighted by Crippen LogP contribution is 2.38. The zero-order valence-corrected chi connectivity index (χ0v) is 25.9. The summed E-state index contributed by atoms with van der Waals surface area (Å²) >= 11 is 0. The summed E-state index contributed by atoms with van der Waals surface area (Å²) in [6.07, 6.45) is 0. The molecule has 6 heterocycles.